The number of ether oxygens (including phenoxy) is 3. The van der Waals surface area contributed by atoms with Crippen LogP contribution in [0, 0.1) is 0 Å². The lowest BCUT2D eigenvalue weighted by Crippen LogP contribution is -2.61. The quantitative estimate of drug-likeness (QED) is 0.157. The monoisotopic (exact) mass is 849 g/mol. The van der Waals surface area contributed by atoms with Crippen molar-refractivity contribution < 1.29 is 32.2 Å². The highest BCUT2D eigenvalue weighted by atomic mass is 35.5. The van der Waals surface area contributed by atoms with Crippen molar-refractivity contribution in [2.75, 3.05) is 85.6 Å². The Kier molecular flexibility index (Phi) is 14.4. The van der Waals surface area contributed by atoms with Crippen LogP contribution >= 0.6 is 34.8 Å². The fraction of sp³-hybridized carbons (Fsp3) is 0.475. The van der Waals surface area contributed by atoms with Crippen molar-refractivity contribution in [1.82, 2.24) is 19.6 Å². The Morgan fingerprint density at radius 2 is 1.45 bits per heavy atom. The molecule has 56 heavy (non-hydrogen) atoms. The second-order valence-electron chi connectivity index (χ2n) is 14.0. The predicted octanol–water partition coefficient (Wildman–Crippen LogP) is 6.59. The van der Waals surface area contributed by atoms with E-state index in [1.165, 1.54) is 12.1 Å². The number of carbonyl (C=O) groups is 2. The van der Waals surface area contributed by atoms with Gasteiger partial charge >= 0.3 is 6.03 Å². The third-order valence-electron chi connectivity index (χ3n) is 10.5. The van der Waals surface area contributed by atoms with Crippen LogP contribution in [0.5, 0.6) is 5.75 Å². The number of hydrogen-bond donors (Lipinski definition) is 0. The zero-order chi connectivity index (χ0) is 40.8. The molecule has 0 N–H and O–H groups in total. The van der Waals surface area contributed by atoms with E-state index in [2.05, 4.69) is 0 Å². The van der Waals surface area contributed by atoms with Gasteiger partial charge in [-0.05, 0) is 69.2 Å². The fourth-order valence-corrected chi connectivity index (χ4v) is 8.82. The number of carbonyl (C=O) groups excluding carboxylic acids is 2. The molecule has 1 saturated heterocycles. The predicted molar refractivity (Wildman–Crippen MR) is 220 cm³/mol. The van der Waals surface area contributed by atoms with E-state index in [-0.39, 0.29) is 52.2 Å². The van der Waals surface area contributed by atoms with E-state index < -0.39 is 20.9 Å². The Hall–Kier alpha value is -3.43. The van der Waals surface area contributed by atoms with E-state index >= 15 is 4.79 Å². The van der Waals surface area contributed by atoms with Gasteiger partial charge in [0.25, 0.3) is 0 Å². The number of nitrogens with zero attached hydrogens (tertiary/aromatic N) is 5. The van der Waals surface area contributed by atoms with E-state index in [1.807, 2.05) is 49.9 Å². The molecular formula is C40H50Cl3N5O7S. The van der Waals surface area contributed by atoms with Gasteiger partial charge in [-0.1, -0.05) is 59.1 Å². The number of amidine groups is 1. The average Bonchev–Trinajstić information content (AvgIpc) is 3.40. The Morgan fingerprint density at radius 1 is 0.857 bits per heavy atom. The van der Waals surface area contributed by atoms with Crippen LogP contribution in [0.25, 0.3) is 0 Å². The van der Waals surface area contributed by atoms with E-state index in [0.717, 1.165) is 17.4 Å². The minimum atomic E-state index is -3.82. The Balaban J connectivity index is 1.59. The van der Waals surface area contributed by atoms with Crippen LogP contribution < -0.4 is 4.74 Å². The molecule has 16 heteroatoms. The number of halogens is 3. The van der Waals surface area contributed by atoms with Crippen molar-refractivity contribution in [1.29, 1.82) is 0 Å². The summed E-state index contributed by atoms with van der Waals surface area (Å²) in [5.41, 5.74) is -0.606. The Morgan fingerprint density at radius 3 is 2.00 bits per heavy atom. The van der Waals surface area contributed by atoms with Crippen molar-refractivity contribution in [2.45, 2.75) is 43.7 Å². The third kappa shape index (κ3) is 9.14. The molecule has 304 valence electrons. The molecule has 3 aromatic carbocycles. The van der Waals surface area contributed by atoms with Crippen molar-refractivity contribution in [3.8, 4) is 5.75 Å². The zero-order valence-corrected chi connectivity index (χ0v) is 35.8. The fourth-order valence-electron chi connectivity index (χ4n) is 7.25. The maximum Gasteiger partial charge on any atom is 0.326 e. The average molecular weight is 851 g/mol. The summed E-state index contributed by atoms with van der Waals surface area (Å²) in [6.45, 7) is 11.8. The van der Waals surface area contributed by atoms with Gasteiger partial charge in [-0.15, -0.1) is 0 Å². The van der Waals surface area contributed by atoms with Crippen LogP contribution in [-0.2, 0) is 35.2 Å². The van der Waals surface area contributed by atoms with Crippen molar-refractivity contribution in [2.24, 2.45) is 4.99 Å². The first-order valence-electron chi connectivity index (χ1n) is 18.5. The second kappa shape index (κ2) is 18.4. The van der Waals surface area contributed by atoms with E-state index in [4.69, 9.17) is 54.0 Å². The number of urea groups is 1. The smallest absolute Gasteiger partial charge is 0.326 e. The van der Waals surface area contributed by atoms with Gasteiger partial charge in [0.15, 0.2) is 9.84 Å². The van der Waals surface area contributed by atoms with E-state index in [0.29, 0.717) is 69.1 Å². The molecule has 1 fully saturated rings. The molecule has 5 rings (SSSR count). The minimum absolute atomic E-state index is 0.0126. The maximum absolute atomic E-state index is 15.4. The summed E-state index contributed by atoms with van der Waals surface area (Å²) in [7, 11) is -2.22. The Labute approximate surface area is 345 Å². The molecule has 0 spiro atoms. The molecule has 0 radical (unpaired) electrons. The molecule has 2 heterocycles. The molecule has 0 aromatic heterocycles. The first-order chi connectivity index (χ1) is 26.6. The topological polar surface area (TPSA) is 121 Å². The third-order valence-corrected chi connectivity index (χ3v) is 12.6. The number of sulfone groups is 1. The standard InChI is InChI=1S/C40H50Cl3N5O7S/c1-7-54-24-22-46(21-23-53-5)36(49)27-45-17-19-47(20-18-45)38(50)48-37(32-25-35(56(6,51)52)33(43)26-34(32)55-8-2)44-39(3,28-9-13-30(41)14-10-28)40(48,4)29-11-15-31(42)16-12-29/h9-16,25-26H,7-8,17-24,27H2,1-6H3/t39-,40+/m0/s1. The van der Waals surface area contributed by atoms with Crippen LogP contribution in [0.4, 0.5) is 4.79 Å². The number of aliphatic imine (C=N–C) groups is 1. The van der Waals surface area contributed by atoms with Gasteiger partial charge in [-0.3, -0.25) is 19.6 Å². The number of benzene rings is 3. The lowest BCUT2D eigenvalue weighted by molar-refractivity contribution is -0.134. The largest absolute Gasteiger partial charge is 0.493 e. The van der Waals surface area contributed by atoms with E-state index in [9.17, 15) is 13.2 Å². The lowest BCUT2D eigenvalue weighted by atomic mass is 9.71. The van der Waals surface area contributed by atoms with Crippen LogP contribution in [0.15, 0.2) is 70.6 Å². The van der Waals surface area contributed by atoms with Gasteiger partial charge in [0, 0.05) is 75.4 Å². The first-order valence-corrected chi connectivity index (χ1v) is 21.6. The second-order valence-corrected chi connectivity index (χ2v) is 17.3. The summed E-state index contributed by atoms with van der Waals surface area (Å²) in [5, 5.41) is 1.03. The molecule has 2 aliphatic heterocycles. The first kappa shape index (κ1) is 43.7. The molecule has 2 aliphatic rings. The van der Waals surface area contributed by atoms with Crippen molar-refractivity contribution in [3.63, 3.8) is 0 Å². The van der Waals surface area contributed by atoms with Gasteiger partial charge in [-0.2, -0.15) is 0 Å². The highest BCUT2D eigenvalue weighted by molar-refractivity contribution is 7.90. The van der Waals surface area contributed by atoms with Gasteiger partial charge in [-0.25, -0.2) is 13.2 Å². The molecule has 0 bridgehead atoms. The highest BCUT2D eigenvalue weighted by Crippen LogP contribution is 2.54. The SMILES string of the molecule is CCOCCN(CCOC)C(=O)CN1CCN(C(=O)N2C(c3cc(S(C)(=O)=O)c(Cl)cc3OCC)=N[C@@](C)(c3ccc(Cl)cc3)[C@@]2(C)c2ccc(Cl)cc2)CC1. The Bertz CT molecular complexity index is 2010. The number of hydrogen-bond acceptors (Lipinski definition) is 9. The van der Waals surface area contributed by atoms with Crippen LogP contribution in [0.2, 0.25) is 15.1 Å². The molecule has 2 atom stereocenters. The number of piperazine rings is 1. The molecule has 0 saturated carbocycles. The van der Waals surface area contributed by atoms with Crippen LogP contribution in [-0.4, -0.2) is 131 Å². The summed E-state index contributed by atoms with van der Waals surface area (Å²) in [6.07, 6.45) is 1.08. The summed E-state index contributed by atoms with van der Waals surface area (Å²) in [6, 6.07) is 17.1. The summed E-state index contributed by atoms with van der Waals surface area (Å²) >= 11 is 19.3. The minimum Gasteiger partial charge on any atom is -0.493 e. The molecule has 0 unspecified atom stereocenters. The molecule has 0 aliphatic carbocycles. The van der Waals surface area contributed by atoms with Crippen LogP contribution in [0.3, 0.4) is 0 Å². The summed E-state index contributed by atoms with van der Waals surface area (Å²) in [5.74, 6) is 0.430. The van der Waals surface area contributed by atoms with Crippen molar-refractivity contribution in [3.05, 3.63) is 92.4 Å². The normalized spacial score (nSPS) is 20.3. The van der Waals surface area contributed by atoms with Gasteiger partial charge in [0.05, 0.1) is 41.8 Å². The van der Waals surface area contributed by atoms with E-state index in [1.54, 1.807) is 53.0 Å². The number of methoxy groups -OCH3 is 1. The molecule has 12 nitrogen and oxygen atoms in total. The van der Waals surface area contributed by atoms with Crippen LogP contribution in [0.1, 0.15) is 44.4 Å². The number of amides is 3. The lowest BCUT2D eigenvalue weighted by Gasteiger charge is -2.47. The van der Waals surface area contributed by atoms with Gasteiger partial charge in [0.1, 0.15) is 22.7 Å². The maximum atomic E-state index is 15.4. The van der Waals surface area contributed by atoms with Gasteiger partial charge in [0.2, 0.25) is 5.91 Å². The number of rotatable bonds is 15. The molecular weight excluding hydrogens is 801 g/mol. The summed E-state index contributed by atoms with van der Waals surface area (Å²) in [4.78, 5) is 41.2. The van der Waals surface area contributed by atoms with Gasteiger partial charge < -0.3 is 24.0 Å². The zero-order valence-electron chi connectivity index (χ0n) is 32.7. The molecule has 3 aromatic rings. The summed E-state index contributed by atoms with van der Waals surface area (Å²) < 4.78 is 42.9. The highest BCUT2D eigenvalue weighted by Gasteiger charge is 2.60. The molecule has 3 amide bonds. The van der Waals surface area contributed by atoms with Crippen molar-refractivity contribution >= 4 is 62.4 Å².